The second kappa shape index (κ2) is 10.2. The van der Waals surface area contributed by atoms with Crippen LogP contribution in [0.5, 0.6) is 0 Å². The van der Waals surface area contributed by atoms with Crippen LogP contribution in [-0.4, -0.2) is 40.4 Å². The van der Waals surface area contributed by atoms with Crippen molar-refractivity contribution in [1.82, 2.24) is 25.4 Å². The molecule has 0 radical (unpaired) electrons. The number of aryl methyl sites for hydroxylation is 3. The number of halogens is 1. The van der Waals surface area contributed by atoms with Gasteiger partial charge in [-0.1, -0.05) is 43.2 Å². The summed E-state index contributed by atoms with van der Waals surface area (Å²) in [5, 5.41) is 11.6. The summed E-state index contributed by atoms with van der Waals surface area (Å²) in [7, 11) is 1.83. The van der Waals surface area contributed by atoms with Crippen LogP contribution in [0.1, 0.15) is 54.5 Å². The second-order valence-electron chi connectivity index (χ2n) is 7.85. The average Bonchev–Trinajstić information content (AvgIpc) is 3.03. The van der Waals surface area contributed by atoms with Gasteiger partial charge in [-0.25, -0.2) is 9.67 Å². The summed E-state index contributed by atoms with van der Waals surface area (Å²) in [4.78, 5) is 9.05. The van der Waals surface area contributed by atoms with Crippen LogP contribution in [0.3, 0.4) is 0 Å². The van der Waals surface area contributed by atoms with Crippen LogP contribution < -0.4 is 10.6 Å². The van der Waals surface area contributed by atoms with Crippen molar-refractivity contribution < 1.29 is 0 Å². The maximum absolute atomic E-state index is 4.66. The van der Waals surface area contributed by atoms with E-state index in [0.717, 1.165) is 50.0 Å². The van der Waals surface area contributed by atoms with E-state index in [2.05, 4.69) is 76.3 Å². The van der Waals surface area contributed by atoms with Gasteiger partial charge >= 0.3 is 0 Å². The lowest BCUT2D eigenvalue weighted by Crippen LogP contribution is -2.47. The SMILES string of the molecule is CN=C(NCCc1cc(C)cc(C)c1)NC1CCc2nc(C(C)C)nn2C1.I. The minimum absolute atomic E-state index is 0. The molecule has 1 aliphatic rings. The molecular formula is C21H33IN6. The predicted octanol–water partition coefficient (Wildman–Crippen LogP) is 3.36. The summed E-state index contributed by atoms with van der Waals surface area (Å²) in [6, 6.07) is 7.05. The van der Waals surface area contributed by atoms with Gasteiger partial charge in [0.1, 0.15) is 5.82 Å². The number of benzene rings is 1. The van der Waals surface area contributed by atoms with Gasteiger partial charge < -0.3 is 10.6 Å². The van der Waals surface area contributed by atoms with Gasteiger partial charge in [0, 0.05) is 32.0 Å². The molecule has 1 aromatic carbocycles. The number of aliphatic imine (C=N–C) groups is 1. The molecule has 154 valence electrons. The molecule has 0 bridgehead atoms. The maximum atomic E-state index is 4.66. The highest BCUT2D eigenvalue weighted by atomic mass is 127. The van der Waals surface area contributed by atoms with Crippen molar-refractivity contribution >= 4 is 29.9 Å². The van der Waals surface area contributed by atoms with Crippen LogP contribution >= 0.6 is 24.0 Å². The van der Waals surface area contributed by atoms with E-state index in [9.17, 15) is 0 Å². The number of nitrogens with one attached hydrogen (secondary N) is 2. The fourth-order valence-corrected chi connectivity index (χ4v) is 3.62. The minimum atomic E-state index is 0. The molecule has 3 rings (SSSR count). The smallest absolute Gasteiger partial charge is 0.191 e. The van der Waals surface area contributed by atoms with Crippen LogP contribution in [0.25, 0.3) is 0 Å². The van der Waals surface area contributed by atoms with E-state index >= 15 is 0 Å². The van der Waals surface area contributed by atoms with E-state index in [1.54, 1.807) is 0 Å². The Balaban J connectivity index is 0.00000280. The molecule has 0 aliphatic carbocycles. The summed E-state index contributed by atoms with van der Waals surface area (Å²) in [5.74, 6) is 3.28. The summed E-state index contributed by atoms with van der Waals surface area (Å²) < 4.78 is 2.05. The van der Waals surface area contributed by atoms with Gasteiger partial charge in [0.25, 0.3) is 0 Å². The van der Waals surface area contributed by atoms with Crippen LogP contribution in [0.4, 0.5) is 0 Å². The zero-order chi connectivity index (χ0) is 19.4. The molecule has 7 heteroatoms. The number of hydrogen-bond acceptors (Lipinski definition) is 3. The first-order chi connectivity index (χ1) is 12.9. The first-order valence-electron chi connectivity index (χ1n) is 9.92. The van der Waals surface area contributed by atoms with E-state index in [0.29, 0.717) is 12.0 Å². The van der Waals surface area contributed by atoms with Gasteiger partial charge in [-0.3, -0.25) is 4.99 Å². The Labute approximate surface area is 185 Å². The molecule has 1 atom stereocenters. The number of rotatable bonds is 5. The van der Waals surface area contributed by atoms with Crippen molar-refractivity contribution in [3.05, 3.63) is 46.5 Å². The average molecular weight is 496 g/mol. The molecule has 0 saturated carbocycles. The van der Waals surface area contributed by atoms with Crippen molar-refractivity contribution in [2.24, 2.45) is 4.99 Å². The molecule has 0 amide bonds. The molecule has 0 saturated heterocycles. The van der Waals surface area contributed by atoms with Crippen LogP contribution in [0.15, 0.2) is 23.2 Å². The largest absolute Gasteiger partial charge is 0.356 e. The molecule has 2 N–H and O–H groups in total. The normalized spacial score (nSPS) is 16.5. The molecule has 1 aliphatic heterocycles. The molecule has 0 fully saturated rings. The maximum Gasteiger partial charge on any atom is 0.191 e. The molecule has 6 nitrogen and oxygen atoms in total. The molecule has 28 heavy (non-hydrogen) atoms. The third-order valence-electron chi connectivity index (χ3n) is 4.94. The van der Waals surface area contributed by atoms with Crippen LogP contribution in [-0.2, 0) is 19.4 Å². The Bertz CT molecular complexity index is 791. The van der Waals surface area contributed by atoms with Crippen molar-refractivity contribution in [3.63, 3.8) is 0 Å². The van der Waals surface area contributed by atoms with E-state index in [-0.39, 0.29) is 24.0 Å². The van der Waals surface area contributed by atoms with Crippen molar-refractivity contribution in [2.45, 2.75) is 65.5 Å². The monoisotopic (exact) mass is 496 g/mol. The lowest BCUT2D eigenvalue weighted by molar-refractivity contribution is 0.391. The Morgan fingerprint density at radius 1 is 1.25 bits per heavy atom. The standard InChI is InChI=1S/C21H32N6.HI/c1-14(2)20-25-19-7-6-18(13-27(19)26-20)24-21(22-5)23-9-8-17-11-15(3)10-16(4)12-17;/h10-12,14,18H,6-9,13H2,1-5H3,(H2,22,23,24);1H. The Morgan fingerprint density at radius 2 is 1.96 bits per heavy atom. The lowest BCUT2D eigenvalue weighted by Gasteiger charge is -2.25. The van der Waals surface area contributed by atoms with Gasteiger partial charge in [-0.05, 0) is 32.3 Å². The van der Waals surface area contributed by atoms with E-state index in [4.69, 9.17) is 0 Å². The highest BCUT2D eigenvalue weighted by Crippen LogP contribution is 2.17. The molecular weight excluding hydrogens is 463 g/mol. The molecule has 0 spiro atoms. The van der Waals surface area contributed by atoms with Gasteiger partial charge in [0.2, 0.25) is 0 Å². The van der Waals surface area contributed by atoms with Crippen molar-refractivity contribution in [2.75, 3.05) is 13.6 Å². The zero-order valence-electron chi connectivity index (χ0n) is 17.6. The van der Waals surface area contributed by atoms with Gasteiger partial charge in [-0.2, -0.15) is 5.10 Å². The lowest BCUT2D eigenvalue weighted by atomic mass is 10.1. The third kappa shape index (κ3) is 5.93. The fourth-order valence-electron chi connectivity index (χ4n) is 3.62. The van der Waals surface area contributed by atoms with Gasteiger partial charge in [0.15, 0.2) is 11.8 Å². The van der Waals surface area contributed by atoms with Gasteiger partial charge in [-0.15, -0.1) is 24.0 Å². The first kappa shape index (κ1) is 22.6. The predicted molar refractivity (Wildman–Crippen MR) is 126 cm³/mol. The number of hydrogen-bond donors (Lipinski definition) is 2. The summed E-state index contributed by atoms with van der Waals surface area (Å²) >= 11 is 0. The van der Waals surface area contributed by atoms with E-state index in [1.807, 2.05) is 7.05 Å². The summed E-state index contributed by atoms with van der Waals surface area (Å²) in [6.45, 7) is 10.3. The Hall–Kier alpha value is -1.64. The summed E-state index contributed by atoms with van der Waals surface area (Å²) in [6.07, 6.45) is 2.99. The number of nitrogens with zero attached hydrogens (tertiary/aromatic N) is 4. The molecule has 2 heterocycles. The highest BCUT2D eigenvalue weighted by molar-refractivity contribution is 14.0. The second-order valence-corrected chi connectivity index (χ2v) is 7.85. The Morgan fingerprint density at radius 3 is 2.61 bits per heavy atom. The van der Waals surface area contributed by atoms with Crippen molar-refractivity contribution in [3.8, 4) is 0 Å². The number of aromatic nitrogens is 3. The van der Waals surface area contributed by atoms with E-state index < -0.39 is 0 Å². The number of guanidine groups is 1. The zero-order valence-corrected chi connectivity index (χ0v) is 19.9. The highest BCUT2D eigenvalue weighted by Gasteiger charge is 2.23. The molecule has 1 unspecified atom stereocenters. The summed E-state index contributed by atoms with van der Waals surface area (Å²) in [5.41, 5.74) is 4.00. The number of fused-ring (bicyclic) bond motifs is 1. The van der Waals surface area contributed by atoms with Crippen LogP contribution in [0.2, 0.25) is 0 Å². The fraction of sp³-hybridized carbons (Fsp3) is 0.571. The molecule has 2 aromatic rings. The third-order valence-corrected chi connectivity index (χ3v) is 4.94. The molecule has 1 aromatic heterocycles. The van der Waals surface area contributed by atoms with Crippen molar-refractivity contribution in [1.29, 1.82) is 0 Å². The quantitative estimate of drug-likeness (QED) is 0.379. The first-order valence-corrected chi connectivity index (χ1v) is 9.92. The van der Waals surface area contributed by atoms with E-state index in [1.165, 1.54) is 16.7 Å². The Kier molecular flexibility index (Phi) is 8.27. The topological polar surface area (TPSA) is 67.1 Å². The van der Waals surface area contributed by atoms with Gasteiger partial charge in [0.05, 0.1) is 6.54 Å². The van der Waals surface area contributed by atoms with Crippen LogP contribution in [0, 0.1) is 13.8 Å². The minimum Gasteiger partial charge on any atom is -0.356 e.